The van der Waals surface area contributed by atoms with Crippen molar-refractivity contribution in [2.75, 3.05) is 72.5 Å². The molecule has 0 saturated carbocycles. The summed E-state index contributed by atoms with van der Waals surface area (Å²) in [6.45, 7) is 6.56. The molecule has 0 rings (SSSR count). The Kier molecular flexibility index (Phi) is 41.7. The molecular formula is C46H85N5O13. The van der Waals surface area contributed by atoms with E-state index < -0.39 is 24.0 Å². The molecule has 0 aliphatic heterocycles. The van der Waals surface area contributed by atoms with Gasteiger partial charge in [-0.3, -0.25) is 24.0 Å². The zero-order valence-electron chi connectivity index (χ0n) is 38.8. The second-order valence-electron chi connectivity index (χ2n) is 16.2. The maximum Gasteiger partial charge on any atom is 0.326 e. The van der Waals surface area contributed by atoms with Crippen molar-refractivity contribution in [3.8, 4) is 0 Å². The second kappa shape index (κ2) is 44.4. The van der Waals surface area contributed by atoms with E-state index in [0.717, 1.165) is 44.9 Å². The van der Waals surface area contributed by atoms with E-state index in [9.17, 15) is 39.0 Å². The van der Waals surface area contributed by atoms with Gasteiger partial charge < -0.3 is 61.3 Å². The summed E-state index contributed by atoms with van der Waals surface area (Å²) in [6, 6.07) is -1.57. The molecule has 2 atom stereocenters. The number of nitrogens with two attached hydrogens (primary N) is 1. The first-order valence-electron chi connectivity index (χ1n) is 23.9. The summed E-state index contributed by atoms with van der Waals surface area (Å²) in [6.07, 6.45) is 21.7. The first kappa shape index (κ1) is 60.2. The highest BCUT2D eigenvalue weighted by Crippen LogP contribution is 2.14. The average Bonchev–Trinajstić information content (AvgIpc) is 3.25. The van der Waals surface area contributed by atoms with Crippen LogP contribution >= 0.6 is 0 Å². The number of aliphatic hydroxyl groups is 1. The minimum absolute atomic E-state index is 0.0131. The van der Waals surface area contributed by atoms with Gasteiger partial charge in [-0.25, -0.2) is 4.79 Å². The number of carbonyl (C=O) groups is 6. The highest BCUT2D eigenvalue weighted by Gasteiger charge is 2.21. The summed E-state index contributed by atoms with van der Waals surface area (Å²) >= 11 is 0. The minimum atomic E-state index is -1.16. The van der Waals surface area contributed by atoms with E-state index in [-0.39, 0.29) is 68.3 Å². The molecule has 64 heavy (non-hydrogen) atoms. The van der Waals surface area contributed by atoms with Gasteiger partial charge in [0.1, 0.15) is 25.0 Å². The van der Waals surface area contributed by atoms with Crippen LogP contribution in [-0.2, 0) is 47.7 Å². The van der Waals surface area contributed by atoms with Crippen molar-refractivity contribution >= 4 is 35.6 Å². The molecule has 0 radical (unpaired) electrons. The summed E-state index contributed by atoms with van der Waals surface area (Å²) in [5.41, 5.74) is 5.67. The molecular weight excluding hydrogens is 831 g/mol. The van der Waals surface area contributed by atoms with E-state index in [2.05, 4.69) is 27.8 Å². The minimum Gasteiger partial charge on any atom is -0.511 e. The largest absolute Gasteiger partial charge is 0.511 e. The number of rotatable bonds is 48. The van der Waals surface area contributed by atoms with Crippen LogP contribution in [0.5, 0.6) is 0 Å². The Morgan fingerprint density at radius 3 is 1.28 bits per heavy atom. The number of nitrogens with one attached hydrogen (secondary N) is 4. The first-order valence-corrected chi connectivity index (χ1v) is 23.9. The molecule has 0 spiro atoms. The van der Waals surface area contributed by atoms with Crippen molar-refractivity contribution in [3.05, 3.63) is 12.3 Å². The number of hydrogen-bond acceptors (Lipinski definition) is 12. The number of carboxylic acid groups (broad SMARTS) is 2. The van der Waals surface area contributed by atoms with Crippen LogP contribution in [0.2, 0.25) is 0 Å². The molecule has 0 fully saturated rings. The molecule has 0 saturated heterocycles. The SMILES string of the molecule is C=C(O)[C@@H](N)CCCCNC(=O)COCC(=O)NCCCOCCOCCOCCCNC(=O)CC[C@H](NC(=O)CCCCCCCCCCCCCCCCCCC(=O)O)C(=O)O. The van der Waals surface area contributed by atoms with Crippen LogP contribution in [0.25, 0.3) is 0 Å². The second-order valence-corrected chi connectivity index (χ2v) is 16.2. The van der Waals surface area contributed by atoms with Crippen molar-refractivity contribution in [2.24, 2.45) is 5.73 Å². The van der Waals surface area contributed by atoms with Crippen molar-refractivity contribution in [1.29, 1.82) is 0 Å². The lowest BCUT2D eigenvalue weighted by Gasteiger charge is -2.14. The molecule has 18 nitrogen and oxygen atoms in total. The van der Waals surface area contributed by atoms with Crippen LogP contribution in [0, 0.1) is 0 Å². The van der Waals surface area contributed by atoms with Gasteiger partial charge in [-0.05, 0) is 51.4 Å². The maximum atomic E-state index is 12.4. The molecule has 0 heterocycles. The Balaban J connectivity index is 3.59. The first-order chi connectivity index (χ1) is 30.9. The van der Waals surface area contributed by atoms with E-state index in [1.165, 1.54) is 57.8 Å². The number of unbranched alkanes of at least 4 members (excludes halogenated alkanes) is 16. The van der Waals surface area contributed by atoms with E-state index in [0.29, 0.717) is 91.4 Å². The summed E-state index contributed by atoms with van der Waals surface area (Å²) in [5, 5.41) is 38.1. The summed E-state index contributed by atoms with van der Waals surface area (Å²) < 4.78 is 21.6. The normalized spacial score (nSPS) is 12.0. The molecule has 4 amide bonds. The zero-order valence-corrected chi connectivity index (χ0v) is 38.8. The highest BCUT2D eigenvalue weighted by molar-refractivity contribution is 5.84. The molecule has 0 unspecified atom stereocenters. The van der Waals surface area contributed by atoms with E-state index in [1.54, 1.807) is 0 Å². The Morgan fingerprint density at radius 2 is 0.844 bits per heavy atom. The van der Waals surface area contributed by atoms with Crippen molar-refractivity contribution in [1.82, 2.24) is 21.3 Å². The van der Waals surface area contributed by atoms with Crippen molar-refractivity contribution < 1.29 is 63.0 Å². The lowest BCUT2D eigenvalue weighted by atomic mass is 10.0. The van der Waals surface area contributed by atoms with Gasteiger partial charge in [0.15, 0.2) is 0 Å². The quantitative estimate of drug-likeness (QED) is 0.0288. The Hall–Kier alpha value is -3.84. The maximum absolute atomic E-state index is 12.4. The van der Waals surface area contributed by atoms with Gasteiger partial charge >= 0.3 is 11.9 Å². The van der Waals surface area contributed by atoms with E-state index in [1.807, 2.05) is 0 Å². The topological polar surface area (TPSA) is 274 Å². The Labute approximate surface area is 382 Å². The molecule has 0 aromatic carbocycles. The molecule has 0 bridgehead atoms. The van der Waals surface area contributed by atoms with Crippen LogP contribution in [0.4, 0.5) is 0 Å². The van der Waals surface area contributed by atoms with Crippen LogP contribution in [-0.4, -0.2) is 135 Å². The number of aliphatic carboxylic acids is 2. The van der Waals surface area contributed by atoms with Gasteiger partial charge in [-0.15, -0.1) is 0 Å². The third-order valence-electron chi connectivity index (χ3n) is 10.3. The number of carbonyl (C=O) groups excluding carboxylic acids is 4. The van der Waals surface area contributed by atoms with Crippen LogP contribution in [0.15, 0.2) is 12.3 Å². The van der Waals surface area contributed by atoms with Gasteiger partial charge in [-0.1, -0.05) is 96.5 Å². The number of amides is 4. The molecule has 0 aromatic heterocycles. The van der Waals surface area contributed by atoms with Crippen molar-refractivity contribution in [2.45, 2.75) is 173 Å². The lowest BCUT2D eigenvalue weighted by Crippen LogP contribution is -2.41. The predicted molar refractivity (Wildman–Crippen MR) is 245 cm³/mol. The summed E-state index contributed by atoms with van der Waals surface area (Å²) in [5.74, 6) is -3.14. The summed E-state index contributed by atoms with van der Waals surface area (Å²) in [7, 11) is 0. The number of hydrogen-bond donors (Lipinski definition) is 8. The smallest absolute Gasteiger partial charge is 0.326 e. The molecule has 0 aromatic rings. The fourth-order valence-electron chi connectivity index (χ4n) is 6.49. The van der Waals surface area contributed by atoms with Gasteiger partial charge in [0, 0.05) is 52.1 Å². The third kappa shape index (κ3) is 43.4. The van der Waals surface area contributed by atoms with Crippen LogP contribution in [0.1, 0.15) is 161 Å². The Morgan fingerprint density at radius 1 is 0.438 bits per heavy atom. The fourth-order valence-corrected chi connectivity index (χ4v) is 6.49. The number of ether oxygens (including phenoxy) is 4. The van der Waals surface area contributed by atoms with Crippen LogP contribution in [0.3, 0.4) is 0 Å². The number of aliphatic hydroxyl groups excluding tert-OH is 1. The van der Waals surface area contributed by atoms with Gasteiger partial charge in [-0.2, -0.15) is 0 Å². The van der Waals surface area contributed by atoms with Gasteiger partial charge in [0.05, 0.1) is 32.5 Å². The molecule has 9 N–H and O–H groups in total. The van der Waals surface area contributed by atoms with Crippen LogP contribution < -0.4 is 27.0 Å². The molecule has 18 heteroatoms. The van der Waals surface area contributed by atoms with Crippen molar-refractivity contribution in [3.63, 3.8) is 0 Å². The molecule has 0 aliphatic carbocycles. The van der Waals surface area contributed by atoms with E-state index in [4.69, 9.17) is 29.8 Å². The fraction of sp³-hybridized carbons (Fsp3) is 0.826. The summed E-state index contributed by atoms with van der Waals surface area (Å²) in [4.78, 5) is 70.4. The predicted octanol–water partition coefficient (Wildman–Crippen LogP) is 5.21. The molecule has 372 valence electrons. The Bertz CT molecular complexity index is 1240. The van der Waals surface area contributed by atoms with E-state index >= 15 is 0 Å². The number of carboxylic acids is 2. The standard InChI is InChI=1S/C46H85N5O13/c1-38(52)39(47)22-18-19-27-49-43(55)36-64-37-44(56)50-29-21-31-62-33-35-63-34-32-61-30-20-28-48-41(53)26-25-40(46(59)60)51-42(54)23-16-14-12-10-8-6-4-2-3-5-7-9-11-13-15-17-24-45(57)58/h39-40,52H,1-37,47H2,(H,48,53)(H,49,55)(H,50,56)(H,51,54)(H,57,58)(H,59,60)/t39-,40-/m0/s1. The lowest BCUT2D eigenvalue weighted by molar-refractivity contribution is -0.142. The molecule has 0 aliphatic rings. The average molecular weight is 916 g/mol. The highest BCUT2D eigenvalue weighted by atomic mass is 16.5. The van der Waals surface area contributed by atoms with Gasteiger partial charge in [0.25, 0.3) is 0 Å². The zero-order chi connectivity index (χ0) is 47.3. The third-order valence-corrected chi connectivity index (χ3v) is 10.3. The van der Waals surface area contributed by atoms with Gasteiger partial charge in [0.2, 0.25) is 23.6 Å². The monoisotopic (exact) mass is 916 g/mol.